The Morgan fingerprint density at radius 1 is 1.17 bits per heavy atom. The molecule has 0 spiro atoms. The summed E-state index contributed by atoms with van der Waals surface area (Å²) >= 11 is 1.22. The van der Waals surface area contributed by atoms with Gasteiger partial charge in [-0.05, 0) is 66.6 Å². The number of halogens is 3. The lowest BCUT2D eigenvalue weighted by molar-refractivity contribution is -0.138. The first kappa shape index (κ1) is 24.6. The SMILES string of the molecule is COc1cc(/C=C2\SC(NC3CCOCC3)=NC2=O)ccc1Oc1ccc(C#N)cc1C(F)(F)F. The molecule has 0 aromatic heterocycles. The van der Waals surface area contributed by atoms with Gasteiger partial charge in [-0.15, -0.1) is 0 Å². The van der Waals surface area contributed by atoms with Gasteiger partial charge in [0.05, 0.1) is 29.2 Å². The van der Waals surface area contributed by atoms with E-state index in [1.807, 2.05) is 0 Å². The first-order chi connectivity index (χ1) is 16.8. The van der Waals surface area contributed by atoms with Crippen LogP contribution < -0.4 is 14.8 Å². The smallest absolute Gasteiger partial charge is 0.420 e. The fourth-order valence-corrected chi connectivity index (χ4v) is 4.42. The van der Waals surface area contributed by atoms with Gasteiger partial charge in [0, 0.05) is 19.3 Å². The van der Waals surface area contributed by atoms with Crippen molar-refractivity contribution in [2.24, 2.45) is 4.99 Å². The second kappa shape index (κ2) is 10.4. The van der Waals surface area contributed by atoms with Gasteiger partial charge in [0.1, 0.15) is 5.75 Å². The van der Waals surface area contributed by atoms with Crippen LogP contribution in [0.5, 0.6) is 17.2 Å². The van der Waals surface area contributed by atoms with Gasteiger partial charge >= 0.3 is 6.18 Å². The number of rotatable bonds is 5. The molecule has 11 heteroatoms. The quantitative estimate of drug-likeness (QED) is 0.567. The van der Waals surface area contributed by atoms with Crippen LogP contribution in [0.15, 0.2) is 46.3 Å². The highest BCUT2D eigenvalue weighted by atomic mass is 32.2. The molecule has 35 heavy (non-hydrogen) atoms. The predicted molar refractivity (Wildman–Crippen MR) is 124 cm³/mol. The van der Waals surface area contributed by atoms with Crippen molar-refractivity contribution in [1.29, 1.82) is 5.26 Å². The van der Waals surface area contributed by atoms with E-state index < -0.39 is 17.5 Å². The van der Waals surface area contributed by atoms with E-state index in [0.717, 1.165) is 25.0 Å². The third-order valence-corrected chi connectivity index (χ3v) is 6.20. The Morgan fingerprint density at radius 2 is 1.91 bits per heavy atom. The minimum Gasteiger partial charge on any atom is -0.493 e. The zero-order valence-corrected chi connectivity index (χ0v) is 19.3. The van der Waals surface area contributed by atoms with E-state index in [0.29, 0.717) is 28.9 Å². The van der Waals surface area contributed by atoms with E-state index in [2.05, 4.69) is 10.3 Å². The number of methoxy groups -OCH3 is 1. The number of aliphatic imine (C=N–C) groups is 1. The monoisotopic (exact) mass is 503 g/mol. The molecule has 2 heterocycles. The van der Waals surface area contributed by atoms with Crippen LogP contribution in [0.1, 0.15) is 29.5 Å². The molecule has 0 saturated carbocycles. The number of ether oxygens (including phenoxy) is 3. The maximum absolute atomic E-state index is 13.5. The van der Waals surface area contributed by atoms with Crippen molar-refractivity contribution in [3.05, 3.63) is 58.0 Å². The molecule has 1 saturated heterocycles. The zero-order valence-electron chi connectivity index (χ0n) is 18.5. The summed E-state index contributed by atoms with van der Waals surface area (Å²) in [6.07, 6.45) is -1.41. The van der Waals surface area contributed by atoms with Crippen molar-refractivity contribution in [2.45, 2.75) is 25.1 Å². The average Bonchev–Trinajstić information content (AvgIpc) is 3.18. The lowest BCUT2D eigenvalue weighted by Crippen LogP contribution is -2.37. The Bertz CT molecular complexity index is 1230. The topological polar surface area (TPSA) is 92.9 Å². The summed E-state index contributed by atoms with van der Waals surface area (Å²) in [6, 6.07) is 9.55. The Labute approximate surface area is 203 Å². The molecule has 7 nitrogen and oxygen atoms in total. The Hall–Kier alpha value is -3.49. The van der Waals surface area contributed by atoms with Gasteiger partial charge in [0.2, 0.25) is 0 Å². The molecule has 1 N–H and O–H groups in total. The van der Waals surface area contributed by atoms with Crippen LogP contribution in [0.4, 0.5) is 13.2 Å². The Kier molecular flexibility index (Phi) is 7.33. The van der Waals surface area contributed by atoms with Gasteiger partial charge in [0.25, 0.3) is 5.91 Å². The number of amidine groups is 1. The summed E-state index contributed by atoms with van der Waals surface area (Å²) in [5.74, 6) is -0.613. The fourth-order valence-electron chi connectivity index (χ4n) is 3.53. The molecule has 0 atom stereocenters. The van der Waals surface area contributed by atoms with Gasteiger partial charge in [-0.25, -0.2) is 0 Å². The third kappa shape index (κ3) is 5.96. The van der Waals surface area contributed by atoms with Crippen LogP contribution in [0.2, 0.25) is 0 Å². The third-order valence-electron chi connectivity index (χ3n) is 5.29. The summed E-state index contributed by atoms with van der Waals surface area (Å²) in [7, 11) is 1.36. The van der Waals surface area contributed by atoms with Crippen molar-refractivity contribution < 1.29 is 32.2 Å². The molecule has 1 fully saturated rings. The predicted octanol–water partition coefficient (Wildman–Crippen LogP) is 5.12. The zero-order chi connectivity index (χ0) is 25.0. The maximum atomic E-state index is 13.5. The molecule has 2 aromatic carbocycles. The van der Waals surface area contributed by atoms with E-state index in [9.17, 15) is 18.0 Å². The highest BCUT2D eigenvalue weighted by Crippen LogP contribution is 2.41. The number of amides is 1. The molecule has 0 aliphatic carbocycles. The molecule has 2 aliphatic rings. The van der Waals surface area contributed by atoms with Crippen LogP contribution in [-0.4, -0.2) is 37.4 Å². The van der Waals surface area contributed by atoms with E-state index >= 15 is 0 Å². The second-order valence-electron chi connectivity index (χ2n) is 7.70. The van der Waals surface area contributed by atoms with Gasteiger partial charge in [-0.3, -0.25) is 4.79 Å². The lowest BCUT2D eigenvalue weighted by Gasteiger charge is -2.23. The number of alkyl halides is 3. The summed E-state index contributed by atoms with van der Waals surface area (Å²) in [6.45, 7) is 1.32. The minimum atomic E-state index is -4.71. The molecule has 182 valence electrons. The van der Waals surface area contributed by atoms with Crippen LogP contribution in [0, 0.1) is 11.3 Å². The normalized spacial score (nSPS) is 17.7. The molecule has 4 rings (SSSR count). The molecular weight excluding hydrogens is 483 g/mol. The van der Waals surface area contributed by atoms with E-state index in [1.54, 1.807) is 24.3 Å². The number of hydrogen-bond donors (Lipinski definition) is 1. The van der Waals surface area contributed by atoms with E-state index in [1.165, 1.54) is 31.0 Å². The van der Waals surface area contributed by atoms with Gasteiger partial charge < -0.3 is 19.5 Å². The Morgan fingerprint density at radius 3 is 2.60 bits per heavy atom. The number of nitrogens with zero attached hydrogens (tertiary/aromatic N) is 2. The highest BCUT2D eigenvalue weighted by molar-refractivity contribution is 8.18. The second-order valence-corrected chi connectivity index (χ2v) is 8.73. The maximum Gasteiger partial charge on any atom is 0.420 e. The fraction of sp³-hybridized carbons (Fsp3) is 0.292. The van der Waals surface area contributed by atoms with Crippen LogP contribution >= 0.6 is 11.8 Å². The number of thioether (sulfide) groups is 1. The number of hydrogen-bond acceptors (Lipinski definition) is 7. The molecule has 2 aliphatic heterocycles. The average molecular weight is 504 g/mol. The lowest BCUT2D eigenvalue weighted by atomic mass is 10.1. The summed E-state index contributed by atoms with van der Waals surface area (Å²) in [5, 5.41) is 12.7. The van der Waals surface area contributed by atoms with Crippen LogP contribution in [-0.2, 0) is 15.7 Å². The van der Waals surface area contributed by atoms with Crippen molar-refractivity contribution in [3.8, 4) is 23.3 Å². The summed E-state index contributed by atoms with van der Waals surface area (Å²) in [4.78, 5) is 16.8. The first-order valence-electron chi connectivity index (χ1n) is 10.6. The van der Waals surface area contributed by atoms with Crippen molar-refractivity contribution in [3.63, 3.8) is 0 Å². The molecule has 2 aromatic rings. The van der Waals surface area contributed by atoms with Crippen molar-refractivity contribution in [2.75, 3.05) is 20.3 Å². The van der Waals surface area contributed by atoms with Gasteiger partial charge in [0.15, 0.2) is 16.7 Å². The largest absolute Gasteiger partial charge is 0.493 e. The molecule has 0 radical (unpaired) electrons. The number of nitrogens with one attached hydrogen (secondary N) is 1. The van der Waals surface area contributed by atoms with Crippen molar-refractivity contribution >= 4 is 28.9 Å². The molecule has 1 amide bonds. The van der Waals surface area contributed by atoms with Gasteiger partial charge in [-0.1, -0.05) is 6.07 Å². The van der Waals surface area contributed by atoms with E-state index in [4.69, 9.17) is 19.5 Å². The van der Waals surface area contributed by atoms with E-state index in [-0.39, 0.29) is 29.0 Å². The number of carbonyl (C=O) groups excluding carboxylic acids is 1. The van der Waals surface area contributed by atoms with Gasteiger partial charge in [-0.2, -0.15) is 23.4 Å². The number of benzene rings is 2. The van der Waals surface area contributed by atoms with Crippen LogP contribution in [0.25, 0.3) is 6.08 Å². The van der Waals surface area contributed by atoms with Crippen molar-refractivity contribution in [1.82, 2.24) is 5.32 Å². The van der Waals surface area contributed by atoms with Crippen LogP contribution in [0.3, 0.4) is 0 Å². The molecule has 0 unspecified atom stereocenters. The first-order valence-corrected chi connectivity index (χ1v) is 11.4. The minimum absolute atomic E-state index is 0.0494. The summed E-state index contributed by atoms with van der Waals surface area (Å²) in [5.41, 5.74) is -0.617. The number of carbonyl (C=O) groups is 1. The standard InChI is InChI=1S/C24H20F3N3O4S/c1-32-20-11-14(12-21-22(31)30-23(35-21)29-16-6-8-33-9-7-16)2-5-19(20)34-18-4-3-15(13-28)10-17(18)24(25,26)27/h2-5,10-12,16H,6-9H2,1H3,(H,29,30,31)/b21-12-. The summed E-state index contributed by atoms with van der Waals surface area (Å²) < 4.78 is 56.6. The Balaban J connectivity index is 1.52. The highest BCUT2D eigenvalue weighted by Gasteiger charge is 2.35. The number of nitriles is 1. The molecule has 0 bridgehead atoms. The molecular formula is C24H20F3N3O4S.